The van der Waals surface area contributed by atoms with E-state index in [2.05, 4.69) is 5.32 Å². The molecule has 0 unspecified atom stereocenters. The number of nitrogens with one attached hydrogen (secondary N) is 1. The molecule has 0 fully saturated rings. The highest BCUT2D eigenvalue weighted by Crippen LogP contribution is 2.29. The van der Waals surface area contributed by atoms with Gasteiger partial charge < -0.3 is 16.8 Å². The van der Waals surface area contributed by atoms with Crippen molar-refractivity contribution in [3.05, 3.63) is 53.3 Å². The molecule has 0 heterocycles. The van der Waals surface area contributed by atoms with E-state index >= 15 is 0 Å². The molecule has 2 aromatic carbocycles. The first-order chi connectivity index (χ1) is 9.00. The Morgan fingerprint density at radius 3 is 2.58 bits per heavy atom. The Morgan fingerprint density at radius 2 is 1.89 bits per heavy atom. The first-order valence-corrected chi connectivity index (χ1v) is 5.71. The van der Waals surface area contributed by atoms with Crippen LogP contribution in [0, 0.1) is 12.7 Å². The monoisotopic (exact) mass is 259 g/mol. The highest BCUT2D eigenvalue weighted by Gasteiger charge is 2.12. The van der Waals surface area contributed by atoms with Crippen LogP contribution in [-0.4, -0.2) is 5.91 Å². The van der Waals surface area contributed by atoms with Crippen LogP contribution in [0.25, 0.3) is 0 Å². The van der Waals surface area contributed by atoms with Crippen molar-refractivity contribution in [2.75, 3.05) is 11.1 Å². The van der Waals surface area contributed by atoms with Gasteiger partial charge in [0.1, 0.15) is 5.82 Å². The van der Waals surface area contributed by atoms with E-state index < -0.39 is 5.91 Å². The highest BCUT2D eigenvalue weighted by atomic mass is 19.1. The number of hydrogen-bond donors (Lipinski definition) is 3. The number of primary amides is 1. The summed E-state index contributed by atoms with van der Waals surface area (Å²) in [6.45, 7) is 1.64. The Balaban J connectivity index is 2.49. The molecule has 0 radical (unpaired) electrons. The summed E-state index contributed by atoms with van der Waals surface area (Å²) in [7, 11) is 0. The Hall–Kier alpha value is -2.56. The molecule has 4 nitrogen and oxygen atoms in total. The fourth-order valence-corrected chi connectivity index (χ4v) is 1.79. The number of nitrogens with two attached hydrogens (primary N) is 2. The SMILES string of the molecule is Cc1c(F)cccc1Nc1c(N)cccc1C(N)=O. The number of anilines is 3. The Morgan fingerprint density at radius 1 is 1.21 bits per heavy atom. The van der Waals surface area contributed by atoms with Gasteiger partial charge in [0.2, 0.25) is 0 Å². The lowest BCUT2D eigenvalue weighted by Gasteiger charge is -2.14. The van der Waals surface area contributed by atoms with Crippen molar-refractivity contribution in [2.24, 2.45) is 5.73 Å². The fourth-order valence-electron chi connectivity index (χ4n) is 1.79. The molecule has 0 bridgehead atoms. The van der Waals surface area contributed by atoms with Gasteiger partial charge in [0.15, 0.2) is 0 Å². The van der Waals surface area contributed by atoms with Crippen molar-refractivity contribution in [3.63, 3.8) is 0 Å². The Kier molecular flexibility index (Phi) is 3.37. The van der Waals surface area contributed by atoms with Crippen molar-refractivity contribution in [3.8, 4) is 0 Å². The van der Waals surface area contributed by atoms with Gasteiger partial charge in [0, 0.05) is 11.3 Å². The molecule has 5 N–H and O–H groups in total. The fraction of sp³-hybridized carbons (Fsp3) is 0.0714. The molecule has 2 rings (SSSR count). The first-order valence-electron chi connectivity index (χ1n) is 5.71. The quantitative estimate of drug-likeness (QED) is 0.741. The predicted octanol–water partition coefficient (Wildman–Crippen LogP) is 2.56. The van der Waals surface area contributed by atoms with Gasteiger partial charge in [-0.05, 0) is 31.2 Å². The smallest absolute Gasteiger partial charge is 0.250 e. The minimum atomic E-state index is -0.594. The molecule has 0 aromatic heterocycles. The van der Waals surface area contributed by atoms with E-state index in [1.165, 1.54) is 6.07 Å². The molecule has 1 amide bonds. The molecule has 0 aliphatic carbocycles. The molecule has 0 aliphatic rings. The van der Waals surface area contributed by atoms with Crippen molar-refractivity contribution >= 4 is 23.0 Å². The number of amides is 1. The van der Waals surface area contributed by atoms with Crippen molar-refractivity contribution in [2.45, 2.75) is 6.92 Å². The summed E-state index contributed by atoms with van der Waals surface area (Å²) >= 11 is 0. The molecular weight excluding hydrogens is 245 g/mol. The molecule has 0 spiro atoms. The molecule has 19 heavy (non-hydrogen) atoms. The van der Waals surface area contributed by atoms with Crippen LogP contribution in [0.15, 0.2) is 36.4 Å². The van der Waals surface area contributed by atoms with E-state index in [-0.39, 0.29) is 11.4 Å². The van der Waals surface area contributed by atoms with Crippen LogP contribution < -0.4 is 16.8 Å². The molecule has 5 heteroatoms. The average Bonchev–Trinajstić information content (AvgIpc) is 2.36. The number of benzene rings is 2. The van der Waals surface area contributed by atoms with Crippen LogP contribution in [0.3, 0.4) is 0 Å². The van der Waals surface area contributed by atoms with E-state index in [0.717, 1.165) is 0 Å². The van der Waals surface area contributed by atoms with E-state index in [0.29, 0.717) is 22.6 Å². The van der Waals surface area contributed by atoms with Crippen LogP contribution in [0.2, 0.25) is 0 Å². The minimum absolute atomic E-state index is 0.267. The summed E-state index contributed by atoms with van der Waals surface area (Å²) in [4.78, 5) is 11.4. The van der Waals surface area contributed by atoms with Crippen molar-refractivity contribution < 1.29 is 9.18 Å². The second-order valence-corrected chi connectivity index (χ2v) is 4.17. The van der Waals surface area contributed by atoms with E-state index in [9.17, 15) is 9.18 Å². The zero-order valence-electron chi connectivity index (χ0n) is 10.4. The Labute approximate surface area is 110 Å². The van der Waals surface area contributed by atoms with Gasteiger partial charge in [0.25, 0.3) is 5.91 Å². The van der Waals surface area contributed by atoms with Gasteiger partial charge >= 0.3 is 0 Å². The lowest BCUT2D eigenvalue weighted by molar-refractivity contribution is 0.100. The average molecular weight is 259 g/mol. The largest absolute Gasteiger partial charge is 0.397 e. The number of carbonyl (C=O) groups is 1. The van der Waals surface area contributed by atoms with Gasteiger partial charge in [-0.25, -0.2) is 4.39 Å². The molecule has 98 valence electrons. The van der Waals surface area contributed by atoms with Crippen LogP contribution in [0.4, 0.5) is 21.5 Å². The maximum Gasteiger partial charge on any atom is 0.250 e. The molecular formula is C14H14FN3O. The topological polar surface area (TPSA) is 81.1 Å². The summed E-state index contributed by atoms with van der Waals surface area (Å²) in [6.07, 6.45) is 0. The first kappa shape index (κ1) is 12.9. The van der Waals surface area contributed by atoms with Crippen molar-refractivity contribution in [1.29, 1.82) is 0 Å². The number of hydrogen-bond acceptors (Lipinski definition) is 3. The lowest BCUT2D eigenvalue weighted by atomic mass is 10.1. The Bertz CT molecular complexity index is 641. The number of halogens is 1. The second kappa shape index (κ2) is 4.97. The van der Waals surface area contributed by atoms with Gasteiger partial charge in [-0.15, -0.1) is 0 Å². The second-order valence-electron chi connectivity index (χ2n) is 4.17. The van der Waals surface area contributed by atoms with Gasteiger partial charge in [0.05, 0.1) is 16.9 Å². The number of carbonyl (C=O) groups excluding carboxylic acids is 1. The van der Waals surface area contributed by atoms with Crippen LogP contribution in [0.5, 0.6) is 0 Å². The molecule has 0 saturated heterocycles. The zero-order valence-corrected chi connectivity index (χ0v) is 10.4. The lowest BCUT2D eigenvalue weighted by Crippen LogP contribution is -2.14. The third-order valence-electron chi connectivity index (χ3n) is 2.89. The van der Waals surface area contributed by atoms with Crippen molar-refractivity contribution in [1.82, 2.24) is 0 Å². The van der Waals surface area contributed by atoms with Gasteiger partial charge in [-0.3, -0.25) is 4.79 Å². The van der Waals surface area contributed by atoms with E-state index in [1.807, 2.05) is 0 Å². The summed E-state index contributed by atoms with van der Waals surface area (Å²) < 4.78 is 13.5. The molecule has 0 atom stereocenters. The maximum absolute atomic E-state index is 13.5. The number of para-hydroxylation sites is 1. The molecule has 2 aromatic rings. The minimum Gasteiger partial charge on any atom is -0.397 e. The third-order valence-corrected chi connectivity index (χ3v) is 2.89. The van der Waals surface area contributed by atoms with Crippen LogP contribution in [0.1, 0.15) is 15.9 Å². The third kappa shape index (κ3) is 2.49. The standard InChI is InChI=1S/C14H14FN3O/c1-8-10(15)5-3-7-12(8)18-13-9(14(17)19)4-2-6-11(13)16/h2-7,18H,16H2,1H3,(H2,17,19). The van der Waals surface area contributed by atoms with E-state index in [1.54, 1.807) is 37.3 Å². The number of nitrogen functional groups attached to an aromatic ring is 1. The summed E-state index contributed by atoms with van der Waals surface area (Å²) in [5.74, 6) is -0.927. The van der Waals surface area contributed by atoms with Crippen LogP contribution in [-0.2, 0) is 0 Å². The number of rotatable bonds is 3. The van der Waals surface area contributed by atoms with E-state index in [4.69, 9.17) is 11.5 Å². The predicted molar refractivity (Wildman–Crippen MR) is 73.8 cm³/mol. The van der Waals surface area contributed by atoms with Gasteiger partial charge in [-0.2, -0.15) is 0 Å². The molecule has 0 aliphatic heterocycles. The molecule has 0 saturated carbocycles. The van der Waals surface area contributed by atoms with Gasteiger partial charge in [-0.1, -0.05) is 12.1 Å². The maximum atomic E-state index is 13.5. The summed E-state index contributed by atoms with van der Waals surface area (Å²) in [5.41, 5.74) is 13.1. The summed E-state index contributed by atoms with van der Waals surface area (Å²) in [6, 6.07) is 9.49. The normalized spacial score (nSPS) is 10.2. The highest BCUT2D eigenvalue weighted by molar-refractivity contribution is 6.02. The summed E-state index contributed by atoms with van der Waals surface area (Å²) in [5, 5.41) is 2.97. The zero-order chi connectivity index (χ0) is 14.0. The van der Waals surface area contributed by atoms with Crippen LogP contribution >= 0.6 is 0 Å².